The van der Waals surface area contributed by atoms with E-state index in [0.29, 0.717) is 0 Å². The number of isothiocyanates is 1. The fraction of sp³-hybridized carbons (Fsp3) is 0.300. The Labute approximate surface area is 83.3 Å². The van der Waals surface area contributed by atoms with E-state index in [-0.39, 0.29) is 6.23 Å². The number of nitrogens with zero attached hydrogens (tertiary/aromatic N) is 1. The van der Waals surface area contributed by atoms with Crippen molar-refractivity contribution < 1.29 is 4.74 Å². The summed E-state index contributed by atoms with van der Waals surface area (Å²) in [6.45, 7) is 0. The molecule has 0 radical (unpaired) electrons. The van der Waals surface area contributed by atoms with Crippen LogP contribution in [0.25, 0.3) is 0 Å². The van der Waals surface area contributed by atoms with Crippen LogP contribution in [0.4, 0.5) is 0 Å². The van der Waals surface area contributed by atoms with Gasteiger partial charge in [0.2, 0.25) is 0 Å². The van der Waals surface area contributed by atoms with E-state index in [1.54, 1.807) is 7.11 Å². The summed E-state index contributed by atoms with van der Waals surface area (Å²) in [4.78, 5) is 3.88. The molecule has 1 atom stereocenters. The Hall–Kier alpha value is -1.02. The van der Waals surface area contributed by atoms with E-state index in [0.717, 1.165) is 6.42 Å². The minimum atomic E-state index is -0.208. The van der Waals surface area contributed by atoms with E-state index < -0.39 is 0 Å². The average Bonchev–Trinajstić information content (AvgIpc) is 2.19. The molecular weight excluding hydrogens is 182 g/mol. The predicted octanol–water partition coefficient (Wildman–Crippen LogP) is 2.30. The second-order valence-electron chi connectivity index (χ2n) is 2.60. The summed E-state index contributed by atoms with van der Waals surface area (Å²) in [6.07, 6.45) is 0.529. The van der Waals surface area contributed by atoms with Gasteiger partial charge in [-0.15, -0.1) is 0 Å². The van der Waals surface area contributed by atoms with Crippen LogP contribution in [0.5, 0.6) is 0 Å². The standard InChI is InChI=1S/C10H11NOS/c1-12-10(11-8-13)7-9-5-3-2-4-6-9/h2-6,10H,7H2,1H3. The molecule has 1 aromatic rings. The zero-order valence-corrected chi connectivity index (χ0v) is 8.25. The van der Waals surface area contributed by atoms with Gasteiger partial charge < -0.3 is 4.74 Å². The summed E-state index contributed by atoms with van der Waals surface area (Å²) in [6, 6.07) is 10.0. The van der Waals surface area contributed by atoms with Crippen molar-refractivity contribution in [2.45, 2.75) is 12.6 Å². The first kappa shape index (κ1) is 10.1. The van der Waals surface area contributed by atoms with Crippen molar-refractivity contribution in [2.75, 3.05) is 7.11 Å². The van der Waals surface area contributed by atoms with Crippen LogP contribution in [0.15, 0.2) is 35.3 Å². The highest BCUT2D eigenvalue weighted by Gasteiger charge is 2.04. The summed E-state index contributed by atoms with van der Waals surface area (Å²) in [5.41, 5.74) is 1.18. The molecule has 0 aliphatic carbocycles. The highest BCUT2D eigenvalue weighted by Crippen LogP contribution is 2.05. The van der Waals surface area contributed by atoms with E-state index in [4.69, 9.17) is 4.74 Å². The molecule has 0 bridgehead atoms. The molecular formula is C10H11NOS. The van der Waals surface area contributed by atoms with Crippen molar-refractivity contribution >= 4 is 17.4 Å². The van der Waals surface area contributed by atoms with Crippen LogP contribution in [-0.2, 0) is 11.2 Å². The molecule has 2 nitrogen and oxygen atoms in total. The van der Waals surface area contributed by atoms with Gasteiger partial charge in [-0.05, 0) is 17.8 Å². The van der Waals surface area contributed by atoms with Crippen LogP contribution in [0, 0.1) is 0 Å². The van der Waals surface area contributed by atoms with Crippen molar-refractivity contribution in [3.8, 4) is 0 Å². The van der Waals surface area contributed by atoms with Crippen molar-refractivity contribution in [1.29, 1.82) is 0 Å². The van der Waals surface area contributed by atoms with Crippen LogP contribution < -0.4 is 0 Å². The molecule has 68 valence electrons. The monoisotopic (exact) mass is 193 g/mol. The predicted molar refractivity (Wildman–Crippen MR) is 56.0 cm³/mol. The SMILES string of the molecule is COC(Cc1ccccc1)N=C=S. The van der Waals surface area contributed by atoms with Crippen LogP contribution >= 0.6 is 12.2 Å². The zero-order valence-electron chi connectivity index (χ0n) is 7.43. The van der Waals surface area contributed by atoms with Gasteiger partial charge in [-0.2, -0.15) is 4.99 Å². The first-order valence-corrected chi connectivity index (χ1v) is 4.41. The van der Waals surface area contributed by atoms with Gasteiger partial charge in [-0.1, -0.05) is 30.3 Å². The maximum Gasteiger partial charge on any atom is 0.161 e. The molecule has 0 aliphatic rings. The second-order valence-corrected chi connectivity index (χ2v) is 2.78. The Morgan fingerprint density at radius 1 is 1.46 bits per heavy atom. The van der Waals surface area contributed by atoms with Gasteiger partial charge in [0, 0.05) is 13.5 Å². The second kappa shape index (κ2) is 5.60. The number of ether oxygens (including phenoxy) is 1. The highest BCUT2D eigenvalue weighted by atomic mass is 32.1. The summed E-state index contributed by atoms with van der Waals surface area (Å²) in [5, 5.41) is 2.32. The molecule has 0 fully saturated rings. The number of aliphatic imine (C=N–C) groups is 1. The lowest BCUT2D eigenvalue weighted by atomic mass is 10.1. The molecule has 0 heterocycles. The van der Waals surface area contributed by atoms with E-state index in [1.165, 1.54) is 5.56 Å². The van der Waals surface area contributed by atoms with E-state index >= 15 is 0 Å². The number of hydrogen-bond acceptors (Lipinski definition) is 3. The Morgan fingerprint density at radius 3 is 2.69 bits per heavy atom. The van der Waals surface area contributed by atoms with Gasteiger partial charge in [-0.25, -0.2) is 0 Å². The third-order valence-corrected chi connectivity index (χ3v) is 1.83. The van der Waals surface area contributed by atoms with Crippen molar-refractivity contribution in [1.82, 2.24) is 0 Å². The van der Waals surface area contributed by atoms with Crippen LogP contribution in [0.1, 0.15) is 5.56 Å². The number of thiocarbonyl (C=S) groups is 1. The average molecular weight is 193 g/mol. The van der Waals surface area contributed by atoms with Crippen LogP contribution in [0.2, 0.25) is 0 Å². The topological polar surface area (TPSA) is 21.6 Å². The van der Waals surface area contributed by atoms with E-state index in [2.05, 4.69) is 22.4 Å². The van der Waals surface area contributed by atoms with Crippen molar-refractivity contribution in [3.05, 3.63) is 35.9 Å². The first-order chi connectivity index (χ1) is 6.36. The van der Waals surface area contributed by atoms with Gasteiger partial charge in [-0.3, -0.25) is 0 Å². The smallest absolute Gasteiger partial charge is 0.161 e. The Bertz CT molecular complexity index is 293. The molecule has 0 saturated carbocycles. The molecule has 0 amide bonds. The zero-order chi connectivity index (χ0) is 9.52. The number of hydrogen-bond donors (Lipinski definition) is 0. The molecule has 0 aromatic heterocycles. The lowest BCUT2D eigenvalue weighted by molar-refractivity contribution is 0.111. The molecule has 1 aromatic carbocycles. The number of rotatable bonds is 4. The first-order valence-electron chi connectivity index (χ1n) is 4.00. The molecule has 0 spiro atoms. The molecule has 0 saturated heterocycles. The van der Waals surface area contributed by atoms with Crippen molar-refractivity contribution in [3.63, 3.8) is 0 Å². The van der Waals surface area contributed by atoms with Gasteiger partial charge in [0.25, 0.3) is 0 Å². The van der Waals surface area contributed by atoms with Gasteiger partial charge >= 0.3 is 0 Å². The maximum atomic E-state index is 5.10. The molecule has 0 aliphatic heterocycles. The Morgan fingerprint density at radius 2 is 2.15 bits per heavy atom. The normalized spacial score (nSPS) is 11.8. The largest absolute Gasteiger partial charge is 0.359 e. The van der Waals surface area contributed by atoms with Gasteiger partial charge in [0.15, 0.2) is 6.23 Å². The lowest BCUT2D eigenvalue weighted by Crippen LogP contribution is -2.10. The highest BCUT2D eigenvalue weighted by molar-refractivity contribution is 7.78. The molecule has 0 N–H and O–H groups in total. The summed E-state index contributed by atoms with van der Waals surface area (Å²) in [7, 11) is 1.61. The quantitative estimate of drug-likeness (QED) is 0.540. The number of methoxy groups -OCH3 is 1. The molecule has 1 unspecified atom stereocenters. The van der Waals surface area contributed by atoms with Crippen LogP contribution in [0.3, 0.4) is 0 Å². The Kier molecular flexibility index (Phi) is 4.33. The minimum absolute atomic E-state index is 0.208. The van der Waals surface area contributed by atoms with Gasteiger partial charge in [0.1, 0.15) is 0 Å². The Balaban J connectivity index is 2.61. The molecule has 3 heteroatoms. The molecule has 13 heavy (non-hydrogen) atoms. The maximum absolute atomic E-state index is 5.10. The van der Waals surface area contributed by atoms with Crippen LogP contribution in [-0.4, -0.2) is 18.5 Å². The number of benzene rings is 1. The third-order valence-electron chi connectivity index (χ3n) is 1.72. The van der Waals surface area contributed by atoms with Crippen molar-refractivity contribution in [2.24, 2.45) is 4.99 Å². The third kappa shape index (κ3) is 3.47. The molecule has 1 rings (SSSR count). The fourth-order valence-corrected chi connectivity index (χ4v) is 1.17. The van der Waals surface area contributed by atoms with Gasteiger partial charge in [0.05, 0.1) is 5.16 Å². The lowest BCUT2D eigenvalue weighted by Gasteiger charge is -2.07. The fourth-order valence-electron chi connectivity index (χ4n) is 1.06. The summed E-state index contributed by atoms with van der Waals surface area (Å²) < 4.78 is 5.10. The summed E-state index contributed by atoms with van der Waals surface area (Å²) >= 11 is 4.51. The minimum Gasteiger partial charge on any atom is -0.359 e. The van der Waals surface area contributed by atoms with E-state index in [9.17, 15) is 0 Å². The van der Waals surface area contributed by atoms with E-state index in [1.807, 2.05) is 30.3 Å². The summed E-state index contributed by atoms with van der Waals surface area (Å²) in [5.74, 6) is 0.